The van der Waals surface area contributed by atoms with Gasteiger partial charge in [-0.2, -0.15) is 18.3 Å². The number of hydrogen-bond acceptors (Lipinski definition) is 3. The smallest absolute Gasteiger partial charge is 0.313 e. The molecule has 0 unspecified atom stereocenters. The normalized spacial score (nSPS) is 11.8. The molecule has 0 aromatic carbocycles. The van der Waals surface area contributed by atoms with E-state index < -0.39 is 11.9 Å². The van der Waals surface area contributed by atoms with Crippen molar-refractivity contribution in [1.82, 2.24) is 15.1 Å². The summed E-state index contributed by atoms with van der Waals surface area (Å²) in [6, 6.07) is 0. The van der Waals surface area contributed by atoms with Gasteiger partial charge in [0.1, 0.15) is 12.8 Å². The first-order chi connectivity index (χ1) is 7.49. The van der Waals surface area contributed by atoms with Crippen LogP contribution in [0.4, 0.5) is 13.2 Å². The Morgan fingerprint density at radius 2 is 2.25 bits per heavy atom. The topological polar surface area (TPSA) is 46.9 Å². The van der Waals surface area contributed by atoms with Crippen molar-refractivity contribution in [2.75, 3.05) is 6.54 Å². The van der Waals surface area contributed by atoms with E-state index in [2.05, 4.69) is 10.4 Å². The number of carbonyl (C=O) groups is 1. The largest absolute Gasteiger partial charge is 0.435 e. The highest BCUT2D eigenvalue weighted by Gasteiger charge is 2.36. The summed E-state index contributed by atoms with van der Waals surface area (Å²) in [4.78, 5) is 10.1. The first-order valence-electron chi connectivity index (χ1n) is 4.63. The van der Waals surface area contributed by atoms with Gasteiger partial charge in [0.25, 0.3) is 0 Å². The monoisotopic (exact) mass is 234 g/mol. The van der Waals surface area contributed by atoms with E-state index >= 15 is 0 Å². The second-order valence-electron chi connectivity index (χ2n) is 3.05. The Hall–Kier alpha value is -1.37. The molecule has 7 heteroatoms. The molecule has 16 heavy (non-hydrogen) atoms. The Kier molecular flexibility index (Phi) is 4.05. The van der Waals surface area contributed by atoms with Crippen LogP contribution >= 0.6 is 0 Å². The predicted octanol–water partition coefficient (Wildman–Crippen LogP) is 1.22. The minimum absolute atomic E-state index is 0.0208. The average Bonchev–Trinajstić information content (AvgIpc) is 2.58. The van der Waals surface area contributed by atoms with Gasteiger partial charge in [0.15, 0.2) is 5.69 Å². The van der Waals surface area contributed by atoms with E-state index in [1.807, 2.05) is 0 Å². The lowest BCUT2D eigenvalue weighted by molar-refractivity contribution is -0.142. The van der Waals surface area contributed by atoms with Gasteiger partial charge in [0.2, 0.25) is 0 Å². The number of hydrogen-bond donors (Lipinski definition) is 1. The maximum absolute atomic E-state index is 12.5. The Morgan fingerprint density at radius 3 is 2.75 bits per heavy atom. The highest BCUT2D eigenvalue weighted by molar-refractivity contribution is 5.60. The fraction of sp³-hybridized carbons (Fsp3) is 0.444. The summed E-state index contributed by atoms with van der Waals surface area (Å²) in [5, 5.41) is 6.07. The number of alkyl halides is 3. The van der Waals surface area contributed by atoms with Gasteiger partial charge >= 0.3 is 6.18 Å². The minimum Gasteiger partial charge on any atom is -0.313 e. The average molecular weight is 234 g/mol. The first-order valence-corrected chi connectivity index (χ1v) is 4.63. The number of halogens is 3. The fourth-order valence-corrected chi connectivity index (χ4v) is 1.20. The van der Waals surface area contributed by atoms with Crippen LogP contribution in [0.15, 0.2) is 6.20 Å². The lowest BCUT2D eigenvalue weighted by atomic mass is 10.2. The molecular weight excluding hydrogens is 223 g/mol. The maximum Gasteiger partial charge on any atom is 0.435 e. The van der Waals surface area contributed by atoms with E-state index in [1.165, 1.54) is 6.20 Å². The van der Waals surface area contributed by atoms with Gasteiger partial charge < -0.3 is 10.1 Å². The van der Waals surface area contributed by atoms with Gasteiger partial charge in [-0.25, -0.2) is 0 Å². The van der Waals surface area contributed by atoms with Crippen molar-refractivity contribution in [3.63, 3.8) is 0 Å². The number of aldehydes is 1. The third kappa shape index (κ3) is 3.06. The van der Waals surface area contributed by atoms with Gasteiger partial charge in [-0.15, -0.1) is 0 Å². The molecule has 0 saturated heterocycles. The molecule has 0 aliphatic rings. The van der Waals surface area contributed by atoms with Crippen molar-refractivity contribution in [1.29, 1.82) is 0 Å². The predicted molar refractivity (Wildman–Crippen MR) is 50.4 cm³/mol. The SMILES string of the molecule is CCNCc1cn([CH]C=O)nc1C(F)(F)F. The van der Waals surface area contributed by atoms with Gasteiger partial charge in [0, 0.05) is 18.3 Å². The summed E-state index contributed by atoms with van der Waals surface area (Å²) in [5.74, 6) is 0. The second kappa shape index (κ2) is 5.11. The molecule has 1 N–H and O–H groups in total. The van der Waals surface area contributed by atoms with Gasteiger partial charge in [0.05, 0.1) is 0 Å². The van der Waals surface area contributed by atoms with Gasteiger partial charge in [-0.05, 0) is 6.54 Å². The van der Waals surface area contributed by atoms with Crippen LogP contribution in [0.1, 0.15) is 18.2 Å². The summed E-state index contributed by atoms with van der Waals surface area (Å²) in [7, 11) is 0. The molecule has 1 rings (SSSR count). The molecular formula is C9H11F3N3O. The molecule has 1 heterocycles. The zero-order valence-corrected chi connectivity index (χ0v) is 8.58. The summed E-state index contributed by atoms with van der Waals surface area (Å²) in [5.41, 5.74) is -0.945. The molecule has 0 aliphatic heterocycles. The highest BCUT2D eigenvalue weighted by atomic mass is 19.4. The van der Waals surface area contributed by atoms with E-state index in [1.54, 1.807) is 6.92 Å². The Labute approximate surface area is 90.4 Å². The molecule has 0 amide bonds. The van der Waals surface area contributed by atoms with Crippen LogP contribution in [-0.2, 0) is 17.5 Å². The zero-order chi connectivity index (χ0) is 12.2. The lowest BCUT2D eigenvalue weighted by Crippen LogP contribution is -2.16. The molecule has 0 saturated carbocycles. The summed E-state index contributed by atoms with van der Waals surface area (Å²) in [6.45, 7) is 3.33. The van der Waals surface area contributed by atoms with Crippen LogP contribution in [0.2, 0.25) is 0 Å². The van der Waals surface area contributed by atoms with Crippen molar-refractivity contribution in [2.45, 2.75) is 19.6 Å². The summed E-state index contributed by atoms with van der Waals surface area (Å²) < 4.78 is 38.4. The Bertz CT molecular complexity index is 359. The van der Waals surface area contributed by atoms with Gasteiger partial charge in [-0.3, -0.25) is 4.68 Å². The Morgan fingerprint density at radius 1 is 1.56 bits per heavy atom. The molecule has 0 atom stereocenters. The summed E-state index contributed by atoms with van der Waals surface area (Å²) >= 11 is 0. The van der Waals surface area contributed by atoms with Crippen LogP contribution in [0.5, 0.6) is 0 Å². The fourth-order valence-electron chi connectivity index (χ4n) is 1.20. The number of rotatable bonds is 5. The van der Waals surface area contributed by atoms with Gasteiger partial charge in [-0.1, -0.05) is 6.92 Å². The number of carbonyl (C=O) groups excluding carboxylic acids is 1. The Balaban J connectivity index is 2.97. The molecule has 0 aliphatic carbocycles. The molecule has 0 spiro atoms. The molecule has 1 aromatic heterocycles. The molecule has 1 radical (unpaired) electrons. The maximum atomic E-state index is 12.5. The van der Waals surface area contributed by atoms with Crippen molar-refractivity contribution in [2.24, 2.45) is 0 Å². The van der Waals surface area contributed by atoms with Crippen molar-refractivity contribution < 1.29 is 18.0 Å². The van der Waals surface area contributed by atoms with Crippen molar-refractivity contribution >= 4 is 6.29 Å². The van der Waals surface area contributed by atoms with E-state index in [0.29, 0.717) is 12.8 Å². The standard InChI is InChI=1S/C9H11F3N3O/c1-2-13-5-7-6-15(3-4-16)14-8(7)9(10,11)12/h3-4,6,13H,2,5H2,1H3. The van der Waals surface area contributed by atoms with E-state index in [0.717, 1.165) is 11.2 Å². The molecule has 1 aromatic rings. The van der Waals surface area contributed by atoms with E-state index in [9.17, 15) is 18.0 Å². The lowest BCUT2D eigenvalue weighted by Gasteiger charge is -2.05. The molecule has 89 valence electrons. The zero-order valence-electron chi connectivity index (χ0n) is 8.58. The minimum atomic E-state index is -4.51. The molecule has 0 bridgehead atoms. The van der Waals surface area contributed by atoms with E-state index in [-0.39, 0.29) is 12.1 Å². The first kappa shape index (κ1) is 12.7. The summed E-state index contributed by atoms with van der Waals surface area (Å²) in [6.07, 6.45) is -2.95. The van der Waals surface area contributed by atoms with Crippen LogP contribution < -0.4 is 5.32 Å². The molecule has 0 fully saturated rings. The number of aromatic nitrogens is 2. The third-order valence-electron chi connectivity index (χ3n) is 1.86. The second-order valence-corrected chi connectivity index (χ2v) is 3.05. The number of nitrogens with zero attached hydrogens (tertiary/aromatic N) is 2. The van der Waals surface area contributed by atoms with Crippen LogP contribution in [0, 0.1) is 6.54 Å². The quantitative estimate of drug-likeness (QED) is 0.779. The van der Waals surface area contributed by atoms with Crippen LogP contribution in [-0.4, -0.2) is 22.6 Å². The van der Waals surface area contributed by atoms with Crippen molar-refractivity contribution in [3.05, 3.63) is 24.0 Å². The number of nitrogens with one attached hydrogen (secondary N) is 1. The third-order valence-corrected chi connectivity index (χ3v) is 1.86. The van der Waals surface area contributed by atoms with Crippen molar-refractivity contribution in [3.8, 4) is 0 Å². The molecule has 4 nitrogen and oxygen atoms in total. The highest BCUT2D eigenvalue weighted by Crippen LogP contribution is 2.30. The van der Waals surface area contributed by atoms with E-state index in [4.69, 9.17) is 0 Å². The van der Waals surface area contributed by atoms with Crippen LogP contribution in [0.25, 0.3) is 0 Å². The van der Waals surface area contributed by atoms with Crippen LogP contribution in [0.3, 0.4) is 0 Å².